The third-order valence-corrected chi connectivity index (χ3v) is 4.16. The SMILES string of the molecule is CC(C)(C)N1C[C@@H](NC(=O)NCc2ccc3c(c2)OCO3)CC1=O. The number of carbonyl (C=O) groups excluding carboxylic acids is 2. The lowest BCUT2D eigenvalue weighted by Gasteiger charge is -2.32. The fourth-order valence-corrected chi connectivity index (χ4v) is 2.92. The first kappa shape index (κ1) is 16.4. The van der Waals surface area contributed by atoms with Crippen molar-refractivity contribution in [1.82, 2.24) is 15.5 Å². The third-order valence-electron chi connectivity index (χ3n) is 4.16. The molecule has 0 aliphatic carbocycles. The van der Waals surface area contributed by atoms with Crippen molar-refractivity contribution in [1.29, 1.82) is 0 Å². The fraction of sp³-hybridized carbons (Fsp3) is 0.529. The first-order chi connectivity index (χ1) is 11.3. The van der Waals surface area contributed by atoms with Crippen molar-refractivity contribution < 1.29 is 19.1 Å². The maximum absolute atomic E-state index is 12.1. The molecule has 2 heterocycles. The Balaban J connectivity index is 1.49. The van der Waals surface area contributed by atoms with Gasteiger partial charge in [0.05, 0.1) is 6.04 Å². The molecule has 0 saturated carbocycles. The van der Waals surface area contributed by atoms with Crippen LogP contribution >= 0.6 is 0 Å². The average Bonchev–Trinajstić information content (AvgIpc) is 3.10. The van der Waals surface area contributed by atoms with Gasteiger partial charge in [0.25, 0.3) is 0 Å². The van der Waals surface area contributed by atoms with E-state index in [0.717, 1.165) is 11.3 Å². The van der Waals surface area contributed by atoms with Crippen LogP contribution in [0.2, 0.25) is 0 Å². The second kappa shape index (κ2) is 6.22. The van der Waals surface area contributed by atoms with E-state index in [4.69, 9.17) is 9.47 Å². The van der Waals surface area contributed by atoms with Crippen LogP contribution in [0, 0.1) is 0 Å². The van der Waals surface area contributed by atoms with E-state index in [2.05, 4.69) is 10.6 Å². The number of nitrogens with one attached hydrogen (secondary N) is 2. The molecule has 7 heteroatoms. The van der Waals surface area contributed by atoms with Crippen LogP contribution in [0.3, 0.4) is 0 Å². The molecule has 0 spiro atoms. The molecule has 24 heavy (non-hydrogen) atoms. The molecule has 0 aromatic heterocycles. The number of carbonyl (C=O) groups is 2. The van der Waals surface area contributed by atoms with Crippen molar-refractivity contribution in [3.8, 4) is 11.5 Å². The van der Waals surface area contributed by atoms with E-state index in [1.54, 1.807) is 4.90 Å². The van der Waals surface area contributed by atoms with Crippen LogP contribution in [0.15, 0.2) is 18.2 Å². The van der Waals surface area contributed by atoms with Crippen molar-refractivity contribution in [2.45, 2.75) is 45.3 Å². The van der Waals surface area contributed by atoms with Gasteiger partial charge in [-0.15, -0.1) is 0 Å². The summed E-state index contributed by atoms with van der Waals surface area (Å²) >= 11 is 0. The molecule has 7 nitrogen and oxygen atoms in total. The van der Waals surface area contributed by atoms with Crippen LogP contribution < -0.4 is 20.1 Å². The van der Waals surface area contributed by atoms with Crippen LogP contribution in [0.4, 0.5) is 4.79 Å². The molecule has 1 fully saturated rings. The number of amides is 3. The minimum absolute atomic E-state index is 0.0728. The number of fused-ring (bicyclic) bond motifs is 1. The monoisotopic (exact) mass is 333 g/mol. The molecular formula is C17H23N3O4. The van der Waals surface area contributed by atoms with Crippen LogP contribution in [0.25, 0.3) is 0 Å². The van der Waals surface area contributed by atoms with E-state index >= 15 is 0 Å². The van der Waals surface area contributed by atoms with Crippen molar-refractivity contribution in [3.63, 3.8) is 0 Å². The lowest BCUT2D eigenvalue weighted by molar-refractivity contribution is -0.131. The normalized spacial score (nSPS) is 19.5. The zero-order valence-corrected chi connectivity index (χ0v) is 14.2. The molecule has 3 amide bonds. The fourth-order valence-electron chi connectivity index (χ4n) is 2.92. The third kappa shape index (κ3) is 3.55. The highest BCUT2D eigenvalue weighted by atomic mass is 16.7. The Hall–Kier alpha value is -2.44. The number of hydrogen-bond donors (Lipinski definition) is 2. The van der Waals surface area contributed by atoms with Gasteiger partial charge in [0.1, 0.15) is 0 Å². The Morgan fingerprint density at radius 3 is 2.75 bits per heavy atom. The molecule has 130 valence electrons. The zero-order chi connectivity index (χ0) is 17.3. The van der Waals surface area contributed by atoms with E-state index in [0.29, 0.717) is 25.3 Å². The number of nitrogens with zero attached hydrogens (tertiary/aromatic N) is 1. The molecule has 0 unspecified atom stereocenters. The Labute approximate surface area is 141 Å². The quantitative estimate of drug-likeness (QED) is 0.881. The van der Waals surface area contributed by atoms with Crippen molar-refractivity contribution in [3.05, 3.63) is 23.8 Å². The van der Waals surface area contributed by atoms with E-state index in [1.165, 1.54) is 0 Å². The van der Waals surface area contributed by atoms with Gasteiger partial charge in [-0.25, -0.2) is 4.79 Å². The summed E-state index contributed by atoms with van der Waals surface area (Å²) in [6, 6.07) is 5.13. The van der Waals surface area contributed by atoms with Gasteiger partial charge in [0, 0.05) is 25.0 Å². The molecule has 0 radical (unpaired) electrons. The van der Waals surface area contributed by atoms with Gasteiger partial charge >= 0.3 is 6.03 Å². The topological polar surface area (TPSA) is 79.9 Å². The maximum Gasteiger partial charge on any atom is 0.315 e. The summed E-state index contributed by atoms with van der Waals surface area (Å²) in [6.45, 7) is 7.13. The van der Waals surface area contributed by atoms with Crippen LogP contribution in [0.5, 0.6) is 11.5 Å². The van der Waals surface area contributed by atoms with Gasteiger partial charge in [-0.2, -0.15) is 0 Å². The molecular weight excluding hydrogens is 310 g/mol. The molecule has 1 atom stereocenters. The highest BCUT2D eigenvalue weighted by molar-refractivity contribution is 5.82. The van der Waals surface area contributed by atoms with Gasteiger partial charge in [0.2, 0.25) is 12.7 Å². The predicted molar refractivity (Wildman–Crippen MR) is 87.8 cm³/mol. The van der Waals surface area contributed by atoms with Gasteiger partial charge in [0.15, 0.2) is 11.5 Å². The molecule has 3 rings (SSSR count). The molecule has 0 bridgehead atoms. The van der Waals surface area contributed by atoms with E-state index < -0.39 is 0 Å². The van der Waals surface area contributed by atoms with Crippen LogP contribution in [-0.4, -0.2) is 41.8 Å². The summed E-state index contributed by atoms with van der Waals surface area (Å²) in [7, 11) is 0. The van der Waals surface area contributed by atoms with Gasteiger partial charge < -0.3 is 25.0 Å². The Morgan fingerprint density at radius 1 is 1.29 bits per heavy atom. The largest absolute Gasteiger partial charge is 0.454 e. The molecule has 1 saturated heterocycles. The average molecular weight is 333 g/mol. The van der Waals surface area contributed by atoms with Crippen molar-refractivity contribution in [2.75, 3.05) is 13.3 Å². The number of urea groups is 1. The first-order valence-electron chi connectivity index (χ1n) is 8.06. The van der Waals surface area contributed by atoms with Gasteiger partial charge in [-0.1, -0.05) is 6.07 Å². The van der Waals surface area contributed by atoms with E-state index in [-0.39, 0.29) is 30.3 Å². The molecule has 2 aliphatic rings. The Morgan fingerprint density at radius 2 is 2.04 bits per heavy atom. The Kier molecular flexibility index (Phi) is 4.26. The zero-order valence-electron chi connectivity index (χ0n) is 14.2. The number of rotatable bonds is 3. The summed E-state index contributed by atoms with van der Waals surface area (Å²) in [5.41, 5.74) is 0.699. The van der Waals surface area contributed by atoms with Crippen LogP contribution in [0.1, 0.15) is 32.8 Å². The Bertz CT molecular complexity index is 654. The molecule has 1 aromatic carbocycles. The summed E-state index contributed by atoms with van der Waals surface area (Å²) in [5.74, 6) is 1.48. The first-order valence-corrected chi connectivity index (χ1v) is 8.06. The maximum atomic E-state index is 12.1. The second-order valence-corrected chi connectivity index (χ2v) is 7.09. The number of hydrogen-bond acceptors (Lipinski definition) is 4. The number of likely N-dealkylation sites (tertiary alicyclic amines) is 1. The molecule has 1 aromatic rings. The van der Waals surface area contributed by atoms with Crippen molar-refractivity contribution >= 4 is 11.9 Å². The summed E-state index contributed by atoms with van der Waals surface area (Å²) in [5, 5.41) is 5.67. The summed E-state index contributed by atoms with van der Waals surface area (Å²) < 4.78 is 10.6. The minimum Gasteiger partial charge on any atom is -0.454 e. The minimum atomic E-state index is -0.277. The smallest absolute Gasteiger partial charge is 0.315 e. The highest BCUT2D eigenvalue weighted by Crippen LogP contribution is 2.32. The predicted octanol–water partition coefficient (Wildman–Crippen LogP) is 1.61. The second-order valence-electron chi connectivity index (χ2n) is 7.09. The van der Waals surface area contributed by atoms with Crippen molar-refractivity contribution in [2.24, 2.45) is 0 Å². The van der Waals surface area contributed by atoms with Crippen LogP contribution in [-0.2, 0) is 11.3 Å². The molecule has 2 N–H and O–H groups in total. The number of ether oxygens (including phenoxy) is 2. The number of benzene rings is 1. The molecule has 2 aliphatic heterocycles. The van der Waals surface area contributed by atoms with E-state index in [9.17, 15) is 9.59 Å². The summed E-state index contributed by atoms with van der Waals surface area (Å²) in [4.78, 5) is 25.9. The standard InChI is InChI=1S/C17H23N3O4/c1-17(2,3)20-9-12(7-15(20)21)19-16(22)18-8-11-4-5-13-14(6-11)24-10-23-13/h4-6,12H,7-10H2,1-3H3,(H2,18,19,22)/t12-/m0/s1. The lowest BCUT2D eigenvalue weighted by Crippen LogP contribution is -2.46. The highest BCUT2D eigenvalue weighted by Gasteiger charge is 2.36. The lowest BCUT2D eigenvalue weighted by atomic mass is 10.1. The van der Waals surface area contributed by atoms with E-state index in [1.807, 2.05) is 39.0 Å². The summed E-state index contributed by atoms with van der Waals surface area (Å²) in [6.07, 6.45) is 0.342. The van der Waals surface area contributed by atoms with Gasteiger partial charge in [-0.3, -0.25) is 4.79 Å². The van der Waals surface area contributed by atoms with Gasteiger partial charge in [-0.05, 0) is 38.5 Å².